The van der Waals surface area contributed by atoms with E-state index in [4.69, 9.17) is 16.7 Å². The average molecular weight is 246 g/mol. The first kappa shape index (κ1) is 13.1. The summed E-state index contributed by atoms with van der Waals surface area (Å²) >= 11 is 0. The Kier molecular flexibility index (Phi) is 3.75. The van der Waals surface area contributed by atoms with Gasteiger partial charge in [-0.1, -0.05) is 0 Å². The van der Waals surface area contributed by atoms with Gasteiger partial charge in [-0.25, -0.2) is 0 Å². The number of nitrogens with two attached hydrogens (primary N) is 2. The lowest BCUT2D eigenvalue weighted by molar-refractivity contribution is -0.274. The summed E-state index contributed by atoms with van der Waals surface area (Å²) in [4.78, 5) is 3.68. The Hall–Kier alpha value is -2.01. The van der Waals surface area contributed by atoms with Crippen molar-refractivity contribution in [3.05, 3.63) is 17.5 Å². The molecule has 1 aromatic heterocycles. The Bertz CT molecular complexity index is 453. The van der Waals surface area contributed by atoms with Crippen LogP contribution in [0.1, 0.15) is 11.3 Å². The Balaban J connectivity index is 3.23. The normalized spacial score (nSPS) is 11.0. The first-order valence-electron chi connectivity index (χ1n) is 4.48. The van der Waals surface area contributed by atoms with Crippen LogP contribution in [0, 0.1) is 11.3 Å². The van der Waals surface area contributed by atoms with Crippen LogP contribution in [0.3, 0.4) is 0 Å². The molecule has 0 spiro atoms. The van der Waals surface area contributed by atoms with Crippen molar-refractivity contribution in [1.29, 1.82) is 5.26 Å². The Morgan fingerprint density at radius 3 is 2.59 bits per heavy atom. The molecule has 0 saturated heterocycles. The van der Waals surface area contributed by atoms with Crippen LogP contribution >= 0.6 is 0 Å². The fraction of sp³-hybridized carbons (Fsp3) is 0.333. The molecular formula is C9H9F3N4O. The van der Waals surface area contributed by atoms with E-state index in [9.17, 15) is 13.2 Å². The molecule has 92 valence electrons. The first-order valence-corrected chi connectivity index (χ1v) is 4.48. The van der Waals surface area contributed by atoms with Gasteiger partial charge in [0.1, 0.15) is 0 Å². The number of ether oxygens (including phenoxy) is 1. The maximum atomic E-state index is 12.1. The number of hydrogen-bond donors (Lipinski definition) is 2. The number of halogens is 3. The molecule has 1 rings (SSSR count). The summed E-state index contributed by atoms with van der Waals surface area (Å²) in [7, 11) is 0. The zero-order valence-electron chi connectivity index (χ0n) is 8.58. The molecule has 0 aliphatic rings. The van der Waals surface area contributed by atoms with E-state index < -0.39 is 12.1 Å². The monoisotopic (exact) mass is 246 g/mol. The Labute approximate surface area is 94.8 Å². The Morgan fingerprint density at radius 2 is 2.12 bits per heavy atom. The minimum Gasteiger partial charge on any atom is -0.402 e. The van der Waals surface area contributed by atoms with Crippen molar-refractivity contribution in [3.63, 3.8) is 0 Å². The lowest BCUT2D eigenvalue weighted by Crippen LogP contribution is -2.21. The summed E-state index contributed by atoms with van der Waals surface area (Å²) < 4.78 is 40.2. The van der Waals surface area contributed by atoms with E-state index in [2.05, 4.69) is 9.72 Å². The van der Waals surface area contributed by atoms with Gasteiger partial charge >= 0.3 is 6.36 Å². The molecule has 0 unspecified atom stereocenters. The second-order valence-electron chi connectivity index (χ2n) is 3.06. The zero-order valence-corrected chi connectivity index (χ0v) is 8.58. The van der Waals surface area contributed by atoms with Gasteiger partial charge in [-0.05, 0) is 0 Å². The molecule has 0 aliphatic carbocycles. The molecule has 1 heterocycles. The van der Waals surface area contributed by atoms with Crippen molar-refractivity contribution in [1.82, 2.24) is 4.98 Å². The molecule has 4 N–H and O–H groups in total. The number of nitrogens with zero attached hydrogens (tertiary/aromatic N) is 2. The van der Waals surface area contributed by atoms with Crippen LogP contribution in [0.25, 0.3) is 0 Å². The summed E-state index contributed by atoms with van der Waals surface area (Å²) in [6.07, 6.45) is -3.83. The number of rotatable bonds is 3. The van der Waals surface area contributed by atoms with Gasteiger partial charge in [-0.3, -0.25) is 4.98 Å². The lowest BCUT2D eigenvalue weighted by atomic mass is 10.1. The van der Waals surface area contributed by atoms with Crippen LogP contribution in [-0.2, 0) is 13.0 Å². The van der Waals surface area contributed by atoms with Crippen molar-refractivity contribution < 1.29 is 17.9 Å². The van der Waals surface area contributed by atoms with Gasteiger partial charge in [0, 0.05) is 18.3 Å². The first-order chi connectivity index (χ1) is 7.89. The van der Waals surface area contributed by atoms with Gasteiger partial charge in [-0.2, -0.15) is 5.26 Å². The van der Waals surface area contributed by atoms with Crippen molar-refractivity contribution in [2.45, 2.75) is 19.3 Å². The molecule has 5 nitrogen and oxygen atoms in total. The highest BCUT2D eigenvalue weighted by Crippen LogP contribution is 2.33. The summed E-state index contributed by atoms with van der Waals surface area (Å²) in [6, 6.07) is 1.76. The molecule has 0 bridgehead atoms. The second kappa shape index (κ2) is 4.88. The topological polar surface area (TPSA) is 98.0 Å². The molecule has 0 aliphatic heterocycles. The van der Waals surface area contributed by atoms with E-state index in [1.54, 1.807) is 6.07 Å². The van der Waals surface area contributed by atoms with E-state index in [1.165, 1.54) is 6.20 Å². The number of nitrogen functional groups attached to an aromatic ring is 1. The predicted octanol–water partition coefficient (Wildman–Crippen LogP) is 1.09. The quantitative estimate of drug-likeness (QED) is 0.831. The number of hydrogen-bond acceptors (Lipinski definition) is 5. The summed E-state index contributed by atoms with van der Waals surface area (Å²) in [5.74, 6) is -0.632. The minimum absolute atomic E-state index is 0.110. The minimum atomic E-state index is -4.88. The smallest absolute Gasteiger partial charge is 0.402 e. The SMILES string of the molecule is N#CCc1cnc(CN)c(OC(F)(F)F)c1N. The summed E-state index contributed by atoms with van der Waals surface area (Å²) in [5, 5.41) is 8.47. The number of alkyl halides is 3. The number of pyridine rings is 1. The van der Waals surface area contributed by atoms with Crippen LogP contribution in [0.2, 0.25) is 0 Å². The molecule has 17 heavy (non-hydrogen) atoms. The number of nitriles is 1. The van der Waals surface area contributed by atoms with Crippen LogP contribution in [0.4, 0.5) is 18.9 Å². The highest BCUT2D eigenvalue weighted by Gasteiger charge is 2.33. The molecule has 0 radical (unpaired) electrons. The lowest BCUT2D eigenvalue weighted by Gasteiger charge is -2.15. The predicted molar refractivity (Wildman–Crippen MR) is 52.5 cm³/mol. The fourth-order valence-corrected chi connectivity index (χ4v) is 1.19. The summed E-state index contributed by atoms with van der Waals surface area (Å²) in [6.45, 7) is -0.248. The molecule has 0 amide bonds. The van der Waals surface area contributed by atoms with Gasteiger partial charge in [-0.15, -0.1) is 13.2 Å². The van der Waals surface area contributed by atoms with Crippen LogP contribution in [0.15, 0.2) is 6.20 Å². The van der Waals surface area contributed by atoms with Crippen molar-refractivity contribution in [2.75, 3.05) is 5.73 Å². The molecule has 0 aromatic carbocycles. The third-order valence-electron chi connectivity index (χ3n) is 1.91. The number of aromatic nitrogens is 1. The van der Waals surface area contributed by atoms with Crippen molar-refractivity contribution in [2.24, 2.45) is 5.73 Å². The molecule has 0 atom stereocenters. The van der Waals surface area contributed by atoms with Gasteiger partial charge in [0.15, 0.2) is 5.75 Å². The van der Waals surface area contributed by atoms with Crippen LogP contribution in [-0.4, -0.2) is 11.3 Å². The van der Waals surface area contributed by atoms with Gasteiger partial charge in [0.2, 0.25) is 0 Å². The zero-order chi connectivity index (χ0) is 13.1. The third kappa shape index (κ3) is 3.22. The highest BCUT2D eigenvalue weighted by atomic mass is 19.4. The fourth-order valence-electron chi connectivity index (χ4n) is 1.19. The second-order valence-corrected chi connectivity index (χ2v) is 3.06. The average Bonchev–Trinajstić information content (AvgIpc) is 2.23. The maximum absolute atomic E-state index is 12.1. The van der Waals surface area contributed by atoms with E-state index in [0.717, 1.165) is 0 Å². The molecular weight excluding hydrogens is 237 g/mol. The van der Waals surface area contributed by atoms with E-state index in [0.29, 0.717) is 0 Å². The molecule has 8 heteroatoms. The third-order valence-corrected chi connectivity index (χ3v) is 1.91. The Morgan fingerprint density at radius 1 is 1.47 bits per heavy atom. The van der Waals surface area contributed by atoms with E-state index in [-0.39, 0.29) is 29.9 Å². The van der Waals surface area contributed by atoms with Gasteiger partial charge in [0.05, 0.1) is 23.9 Å². The van der Waals surface area contributed by atoms with Gasteiger partial charge in [0.25, 0.3) is 0 Å². The van der Waals surface area contributed by atoms with E-state index >= 15 is 0 Å². The molecule has 0 fully saturated rings. The van der Waals surface area contributed by atoms with Crippen molar-refractivity contribution >= 4 is 5.69 Å². The van der Waals surface area contributed by atoms with Crippen LogP contribution < -0.4 is 16.2 Å². The highest BCUT2D eigenvalue weighted by molar-refractivity contribution is 5.60. The van der Waals surface area contributed by atoms with Crippen LogP contribution in [0.5, 0.6) is 5.75 Å². The number of anilines is 1. The van der Waals surface area contributed by atoms with Gasteiger partial charge < -0.3 is 16.2 Å². The molecule has 1 aromatic rings. The standard InChI is InChI=1S/C9H9F3N4O/c10-9(11,12)17-8-6(3-14)16-4-5(1-2-13)7(8)15/h4H,1,3,14H2,(H2,15,16). The van der Waals surface area contributed by atoms with E-state index in [1.807, 2.05) is 0 Å². The molecule has 0 saturated carbocycles. The van der Waals surface area contributed by atoms with Crippen molar-refractivity contribution in [3.8, 4) is 11.8 Å². The largest absolute Gasteiger partial charge is 0.573 e. The summed E-state index contributed by atoms with van der Waals surface area (Å²) in [5.41, 5.74) is 10.5. The maximum Gasteiger partial charge on any atom is 0.573 e.